The van der Waals surface area contributed by atoms with Crippen LogP contribution in [0.1, 0.15) is 33.6 Å². The standard InChI is InChI=1S/C6H11N.C3H9N.C2H6/c1-6-4-3-5-7(6)2;1-3-4-2;1-2/h1,3-5H2,2H3;4H,3H2,1-2H3;1-2H3. The van der Waals surface area contributed by atoms with E-state index < -0.39 is 0 Å². The summed E-state index contributed by atoms with van der Waals surface area (Å²) in [5.74, 6) is 0. The summed E-state index contributed by atoms with van der Waals surface area (Å²) in [6.07, 6.45) is 2.51. The molecule has 1 N–H and O–H groups in total. The van der Waals surface area contributed by atoms with E-state index in [4.69, 9.17) is 0 Å². The Labute approximate surface area is 84.0 Å². The van der Waals surface area contributed by atoms with Crippen molar-refractivity contribution in [2.75, 3.05) is 27.2 Å². The zero-order valence-electron chi connectivity index (χ0n) is 9.98. The molecule has 1 fully saturated rings. The van der Waals surface area contributed by atoms with Gasteiger partial charge in [0.2, 0.25) is 0 Å². The number of likely N-dealkylation sites (tertiary alicyclic amines) is 1. The molecule has 0 amide bonds. The molecule has 0 spiro atoms. The lowest BCUT2D eigenvalue weighted by molar-refractivity contribution is 0.483. The van der Waals surface area contributed by atoms with Crippen molar-refractivity contribution in [3.05, 3.63) is 12.3 Å². The summed E-state index contributed by atoms with van der Waals surface area (Å²) >= 11 is 0. The average Bonchev–Trinajstić information content (AvgIpc) is 2.55. The van der Waals surface area contributed by atoms with Crippen molar-refractivity contribution in [3.8, 4) is 0 Å². The van der Waals surface area contributed by atoms with Crippen molar-refractivity contribution in [3.63, 3.8) is 0 Å². The van der Waals surface area contributed by atoms with Gasteiger partial charge in [-0.05, 0) is 26.4 Å². The molecule has 1 rings (SSSR count). The molecule has 1 aliphatic heterocycles. The van der Waals surface area contributed by atoms with E-state index in [1.807, 2.05) is 20.9 Å². The van der Waals surface area contributed by atoms with Gasteiger partial charge in [-0.1, -0.05) is 27.4 Å². The number of nitrogens with one attached hydrogen (secondary N) is 1. The van der Waals surface area contributed by atoms with E-state index in [0.29, 0.717) is 0 Å². The Kier molecular flexibility index (Phi) is 13.3. The summed E-state index contributed by atoms with van der Waals surface area (Å²) in [7, 11) is 4.02. The Morgan fingerprint density at radius 1 is 1.46 bits per heavy atom. The molecular weight excluding hydrogens is 160 g/mol. The van der Waals surface area contributed by atoms with E-state index in [1.54, 1.807) is 0 Å². The number of rotatable bonds is 1. The maximum atomic E-state index is 3.86. The van der Waals surface area contributed by atoms with Crippen LogP contribution in [-0.2, 0) is 0 Å². The minimum absolute atomic E-state index is 1.07. The van der Waals surface area contributed by atoms with Gasteiger partial charge in [-0.2, -0.15) is 0 Å². The van der Waals surface area contributed by atoms with E-state index in [0.717, 1.165) is 6.54 Å². The molecule has 80 valence electrons. The summed E-state index contributed by atoms with van der Waals surface area (Å²) in [5.41, 5.74) is 1.29. The molecule has 0 aromatic heterocycles. The van der Waals surface area contributed by atoms with E-state index >= 15 is 0 Å². The lowest BCUT2D eigenvalue weighted by atomic mass is 10.3. The van der Waals surface area contributed by atoms with Crippen LogP contribution in [0.5, 0.6) is 0 Å². The highest BCUT2D eigenvalue weighted by molar-refractivity contribution is 4.97. The summed E-state index contributed by atoms with van der Waals surface area (Å²) < 4.78 is 0. The quantitative estimate of drug-likeness (QED) is 0.677. The zero-order chi connectivity index (χ0) is 10.7. The second kappa shape index (κ2) is 11.5. The second-order valence-corrected chi connectivity index (χ2v) is 2.80. The molecule has 2 nitrogen and oxygen atoms in total. The fourth-order valence-corrected chi connectivity index (χ4v) is 0.869. The normalized spacial score (nSPS) is 14.2. The lowest BCUT2D eigenvalue weighted by Gasteiger charge is -2.08. The van der Waals surface area contributed by atoms with Gasteiger partial charge in [0.1, 0.15) is 0 Å². The molecule has 1 heterocycles. The predicted octanol–water partition coefficient (Wildman–Crippen LogP) is 2.48. The molecule has 0 saturated carbocycles. The Morgan fingerprint density at radius 3 is 2.00 bits per heavy atom. The first kappa shape index (κ1) is 15.0. The minimum atomic E-state index is 1.07. The van der Waals surface area contributed by atoms with Crippen LogP contribution in [0.25, 0.3) is 0 Å². The van der Waals surface area contributed by atoms with Crippen molar-refractivity contribution in [1.82, 2.24) is 10.2 Å². The smallest absolute Gasteiger partial charge is 0.0175 e. The lowest BCUT2D eigenvalue weighted by Crippen LogP contribution is -2.08. The van der Waals surface area contributed by atoms with Crippen molar-refractivity contribution in [2.24, 2.45) is 0 Å². The fraction of sp³-hybridized carbons (Fsp3) is 0.818. The van der Waals surface area contributed by atoms with Crippen LogP contribution >= 0.6 is 0 Å². The van der Waals surface area contributed by atoms with Gasteiger partial charge >= 0.3 is 0 Å². The summed E-state index contributed by atoms with van der Waals surface area (Å²) in [6.45, 7) is 12.2. The Morgan fingerprint density at radius 2 is 1.92 bits per heavy atom. The van der Waals surface area contributed by atoms with Crippen LogP contribution in [0.3, 0.4) is 0 Å². The van der Waals surface area contributed by atoms with Crippen molar-refractivity contribution in [2.45, 2.75) is 33.6 Å². The van der Waals surface area contributed by atoms with Gasteiger partial charge in [0.15, 0.2) is 0 Å². The summed E-state index contributed by atoms with van der Waals surface area (Å²) in [5, 5.41) is 2.93. The Hall–Kier alpha value is -0.500. The topological polar surface area (TPSA) is 15.3 Å². The maximum absolute atomic E-state index is 3.86. The van der Waals surface area contributed by atoms with Gasteiger partial charge in [-0.15, -0.1) is 0 Å². The molecule has 0 bridgehead atoms. The molecule has 0 aromatic carbocycles. The number of hydrogen-bond donors (Lipinski definition) is 1. The molecule has 1 aliphatic rings. The zero-order valence-corrected chi connectivity index (χ0v) is 9.98. The van der Waals surface area contributed by atoms with Crippen LogP contribution in [0, 0.1) is 0 Å². The molecule has 1 saturated heterocycles. The Balaban J connectivity index is 0. The number of nitrogens with zero attached hydrogens (tertiary/aromatic N) is 1. The molecule has 13 heavy (non-hydrogen) atoms. The van der Waals surface area contributed by atoms with Crippen LogP contribution in [-0.4, -0.2) is 32.1 Å². The maximum Gasteiger partial charge on any atom is 0.0175 e. The van der Waals surface area contributed by atoms with Crippen molar-refractivity contribution in [1.29, 1.82) is 0 Å². The third kappa shape index (κ3) is 9.41. The molecule has 0 aliphatic carbocycles. The molecule has 0 atom stereocenters. The highest BCUT2D eigenvalue weighted by atomic mass is 15.1. The monoisotopic (exact) mass is 186 g/mol. The van der Waals surface area contributed by atoms with Crippen LogP contribution in [0.2, 0.25) is 0 Å². The van der Waals surface area contributed by atoms with Crippen molar-refractivity contribution < 1.29 is 0 Å². The van der Waals surface area contributed by atoms with Crippen LogP contribution < -0.4 is 5.32 Å². The first-order valence-corrected chi connectivity index (χ1v) is 5.25. The van der Waals surface area contributed by atoms with Gasteiger partial charge < -0.3 is 10.2 Å². The largest absolute Gasteiger partial charge is 0.378 e. The summed E-state index contributed by atoms with van der Waals surface area (Å²) in [6, 6.07) is 0. The van der Waals surface area contributed by atoms with Gasteiger partial charge in [-0.3, -0.25) is 0 Å². The van der Waals surface area contributed by atoms with E-state index in [2.05, 4.69) is 30.8 Å². The number of hydrogen-bond acceptors (Lipinski definition) is 2. The fourth-order valence-electron chi connectivity index (χ4n) is 0.869. The first-order valence-electron chi connectivity index (χ1n) is 5.25. The van der Waals surface area contributed by atoms with Gasteiger partial charge in [0.05, 0.1) is 0 Å². The first-order chi connectivity index (χ1) is 6.22. The second-order valence-electron chi connectivity index (χ2n) is 2.80. The highest BCUT2D eigenvalue weighted by Crippen LogP contribution is 2.14. The minimum Gasteiger partial charge on any atom is -0.378 e. The molecule has 2 heteroatoms. The van der Waals surface area contributed by atoms with E-state index in [1.165, 1.54) is 25.1 Å². The SMILES string of the molecule is C=C1CCCN1C.CC.CCNC. The number of allylic oxidation sites excluding steroid dienone is 1. The van der Waals surface area contributed by atoms with Gasteiger partial charge in [-0.25, -0.2) is 0 Å². The van der Waals surface area contributed by atoms with E-state index in [9.17, 15) is 0 Å². The van der Waals surface area contributed by atoms with E-state index in [-0.39, 0.29) is 0 Å². The van der Waals surface area contributed by atoms with Gasteiger partial charge in [0, 0.05) is 19.3 Å². The Bertz CT molecular complexity index is 109. The van der Waals surface area contributed by atoms with Crippen LogP contribution in [0.4, 0.5) is 0 Å². The molecule has 0 unspecified atom stereocenters. The summed E-state index contributed by atoms with van der Waals surface area (Å²) in [4.78, 5) is 2.21. The molecule has 0 aromatic rings. The van der Waals surface area contributed by atoms with Crippen LogP contribution in [0.15, 0.2) is 12.3 Å². The predicted molar refractivity (Wildman–Crippen MR) is 62.0 cm³/mol. The van der Waals surface area contributed by atoms with Crippen molar-refractivity contribution >= 4 is 0 Å². The van der Waals surface area contributed by atoms with Gasteiger partial charge in [0.25, 0.3) is 0 Å². The molecular formula is C11H26N2. The highest BCUT2D eigenvalue weighted by Gasteiger charge is 2.07. The molecule has 0 radical (unpaired) electrons. The third-order valence-corrected chi connectivity index (χ3v) is 1.85. The third-order valence-electron chi connectivity index (χ3n) is 1.85. The average molecular weight is 186 g/mol.